The zero-order valence-electron chi connectivity index (χ0n) is 12.0. The molecule has 0 aliphatic heterocycles. The van der Waals surface area contributed by atoms with Crippen LogP contribution in [0.2, 0.25) is 0 Å². The Bertz CT molecular complexity index is 547. The fraction of sp³-hybridized carbons (Fsp3) is 0.500. The molecule has 0 saturated heterocycles. The van der Waals surface area contributed by atoms with E-state index in [9.17, 15) is 0 Å². The van der Waals surface area contributed by atoms with Crippen LogP contribution in [0.25, 0.3) is 5.69 Å². The van der Waals surface area contributed by atoms with Gasteiger partial charge in [-0.3, -0.25) is 0 Å². The van der Waals surface area contributed by atoms with Crippen molar-refractivity contribution in [1.82, 2.24) is 25.5 Å². The molecule has 2 rings (SSSR count). The molecule has 102 valence electrons. The molecule has 1 aromatic heterocycles. The minimum Gasteiger partial charge on any atom is -0.307 e. The summed E-state index contributed by atoms with van der Waals surface area (Å²) in [6.45, 7) is 9.36. The molecule has 0 bridgehead atoms. The predicted molar refractivity (Wildman–Crippen MR) is 75.3 cm³/mol. The smallest absolute Gasteiger partial charge is 0.173 e. The maximum Gasteiger partial charge on any atom is 0.173 e. The molecule has 0 radical (unpaired) electrons. The lowest BCUT2D eigenvalue weighted by Crippen LogP contribution is -2.23. The summed E-state index contributed by atoms with van der Waals surface area (Å²) in [5, 5.41) is 15.5. The number of tetrazole rings is 1. The molecule has 1 heterocycles. The third-order valence-electron chi connectivity index (χ3n) is 3.16. The lowest BCUT2D eigenvalue weighted by molar-refractivity contribution is 0.531. The molecule has 1 N–H and O–H groups in total. The molecule has 0 aliphatic carbocycles. The number of benzene rings is 1. The Balaban J connectivity index is 2.33. The van der Waals surface area contributed by atoms with Crippen molar-refractivity contribution in [3.8, 4) is 5.69 Å². The van der Waals surface area contributed by atoms with Crippen molar-refractivity contribution in [3.63, 3.8) is 0 Å². The Labute approximate surface area is 114 Å². The van der Waals surface area contributed by atoms with Gasteiger partial charge in [0.05, 0.1) is 11.7 Å². The normalized spacial score (nSPS) is 12.6. The van der Waals surface area contributed by atoms with Crippen molar-refractivity contribution in [2.75, 3.05) is 6.54 Å². The molecule has 0 amide bonds. The highest BCUT2D eigenvalue weighted by Gasteiger charge is 2.16. The van der Waals surface area contributed by atoms with Gasteiger partial charge in [-0.15, -0.1) is 5.10 Å². The van der Waals surface area contributed by atoms with E-state index in [4.69, 9.17) is 0 Å². The molecule has 2 aromatic rings. The SMILES string of the molecule is CCCNC(C)c1nnnn1-c1ccc(C)cc1C. The standard InChI is InChI=1S/C14H21N5/c1-5-8-15-12(4)14-16-17-18-19(14)13-7-6-10(2)9-11(13)3/h6-7,9,12,15H,5,8H2,1-4H3. The van der Waals surface area contributed by atoms with E-state index in [1.165, 1.54) is 11.1 Å². The van der Waals surface area contributed by atoms with E-state index in [1.807, 2.05) is 4.68 Å². The van der Waals surface area contributed by atoms with Crippen molar-refractivity contribution < 1.29 is 0 Å². The van der Waals surface area contributed by atoms with E-state index in [0.29, 0.717) is 0 Å². The summed E-state index contributed by atoms with van der Waals surface area (Å²) in [7, 11) is 0. The van der Waals surface area contributed by atoms with Crippen LogP contribution >= 0.6 is 0 Å². The van der Waals surface area contributed by atoms with E-state index >= 15 is 0 Å². The van der Waals surface area contributed by atoms with Gasteiger partial charge in [-0.25, -0.2) is 0 Å². The van der Waals surface area contributed by atoms with Crippen LogP contribution in [0, 0.1) is 13.8 Å². The fourth-order valence-electron chi connectivity index (χ4n) is 2.13. The van der Waals surface area contributed by atoms with Gasteiger partial charge >= 0.3 is 0 Å². The van der Waals surface area contributed by atoms with Gasteiger partial charge < -0.3 is 5.32 Å². The van der Waals surface area contributed by atoms with Gasteiger partial charge in [0.1, 0.15) is 0 Å². The quantitative estimate of drug-likeness (QED) is 0.895. The van der Waals surface area contributed by atoms with Crippen molar-refractivity contribution in [1.29, 1.82) is 0 Å². The van der Waals surface area contributed by atoms with Gasteiger partial charge in [0.2, 0.25) is 0 Å². The minimum atomic E-state index is 0.135. The first-order valence-electron chi connectivity index (χ1n) is 6.72. The second-order valence-electron chi connectivity index (χ2n) is 4.91. The highest BCUT2D eigenvalue weighted by Crippen LogP contribution is 2.18. The number of hydrogen-bond donors (Lipinski definition) is 1. The Morgan fingerprint density at radius 3 is 2.79 bits per heavy atom. The van der Waals surface area contributed by atoms with Gasteiger partial charge in [0.15, 0.2) is 5.82 Å². The third kappa shape index (κ3) is 2.98. The lowest BCUT2D eigenvalue weighted by Gasteiger charge is -2.14. The number of aryl methyl sites for hydroxylation is 2. The Morgan fingerprint density at radius 1 is 1.32 bits per heavy atom. The largest absolute Gasteiger partial charge is 0.307 e. The van der Waals surface area contributed by atoms with Gasteiger partial charge in [0.25, 0.3) is 0 Å². The van der Waals surface area contributed by atoms with Crippen LogP contribution in [0.15, 0.2) is 18.2 Å². The Hall–Kier alpha value is -1.75. The average Bonchev–Trinajstić information content (AvgIpc) is 2.85. The number of rotatable bonds is 5. The molecule has 1 atom stereocenters. The molecule has 0 fully saturated rings. The molecule has 5 heteroatoms. The lowest BCUT2D eigenvalue weighted by atomic mass is 10.1. The monoisotopic (exact) mass is 259 g/mol. The van der Waals surface area contributed by atoms with Crippen molar-refractivity contribution >= 4 is 0 Å². The van der Waals surface area contributed by atoms with Crippen LogP contribution in [0.1, 0.15) is 43.3 Å². The number of hydrogen-bond acceptors (Lipinski definition) is 4. The number of aromatic nitrogens is 4. The topological polar surface area (TPSA) is 55.6 Å². The molecule has 5 nitrogen and oxygen atoms in total. The predicted octanol–water partition coefficient (Wildman–Crippen LogP) is 2.34. The van der Waals surface area contributed by atoms with Crippen LogP contribution in [-0.4, -0.2) is 26.8 Å². The zero-order chi connectivity index (χ0) is 13.8. The van der Waals surface area contributed by atoms with Gasteiger partial charge in [-0.1, -0.05) is 24.6 Å². The summed E-state index contributed by atoms with van der Waals surface area (Å²) in [6, 6.07) is 6.43. The second kappa shape index (κ2) is 5.93. The first-order chi connectivity index (χ1) is 9.13. The molecule has 0 aliphatic rings. The molecule has 1 unspecified atom stereocenters. The van der Waals surface area contributed by atoms with Gasteiger partial charge in [-0.2, -0.15) is 4.68 Å². The molecular weight excluding hydrogens is 238 g/mol. The van der Waals surface area contributed by atoms with E-state index < -0.39 is 0 Å². The number of nitrogens with zero attached hydrogens (tertiary/aromatic N) is 4. The second-order valence-corrected chi connectivity index (χ2v) is 4.91. The Kier molecular flexibility index (Phi) is 4.27. The van der Waals surface area contributed by atoms with Crippen LogP contribution in [0.3, 0.4) is 0 Å². The highest BCUT2D eigenvalue weighted by molar-refractivity contribution is 5.42. The van der Waals surface area contributed by atoms with Crippen LogP contribution < -0.4 is 5.32 Å². The summed E-state index contributed by atoms with van der Waals surface area (Å²) in [5.41, 5.74) is 3.46. The first-order valence-corrected chi connectivity index (χ1v) is 6.72. The average molecular weight is 259 g/mol. The van der Waals surface area contributed by atoms with E-state index in [1.54, 1.807) is 0 Å². The summed E-state index contributed by atoms with van der Waals surface area (Å²) in [4.78, 5) is 0. The van der Waals surface area contributed by atoms with E-state index in [2.05, 4.69) is 66.7 Å². The summed E-state index contributed by atoms with van der Waals surface area (Å²) in [6.07, 6.45) is 1.09. The molecule has 1 aromatic carbocycles. The van der Waals surface area contributed by atoms with Crippen LogP contribution in [0.5, 0.6) is 0 Å². The summed E-state index contributed by atoms with van der Waals surface area (Å²) in [5.74, 6) is 0.848. The van der Waals surface area contributed by atoms with Crippen LogP contribution in [-0.2, 0) is 0 Å². The van der Waals surface area contributed by atoms with Crippen molar-refractivity contribution in [2.45, 2.75) is 40.2 Å². The fourth-order valence-corrected chi connectivity index (χ4v) is 2.13. The number of nitrogens with one attached hydrogen (secondary N) is 1. The van der Waals surface area contributed by atoms with Gasteiger partial charge in [-0.05, 0) is 55.8 Å². The zero-order valence-corrected chi connectivity index (χ0v) is 12.0. The summed E-state index contributed by atoms with van der Waals surface area (Å²) >= 11 is 0. The van der Waals surface area contributed by atoms with E-state index in [-0.39, 0.29) is 6.04 Å². The maximum absolute atomic E-state index is 4.15. The maximum atomic E-state index is 4.15. The third-order valence-corrected chi connectivity index (χ3v) is 3.16. The molecule has 0 spiro atoms. The molecular formula is C14H21N5. The first kappa shape index (κ1) is 13.7. The van der Waals surface area contributed by atoms with Crippen LogP contribution in [0.4, 0.5) is 0 Å². The van der Waals surface area contributed by atoms with E-state index in [0.717, 1.165) is 24.5 Å². The molecule has 0 saturated carbocycles. The van der Waals surface area contributed by atoms with Crippen molar-refractivity contribution in [3.05, 3.63) is 35.2 Å². The Morgan fingerprint density at radius 2 is 2.11 bits per heavy atom. The summed E-state index contributed by atoms with van der Waals surface area (Å²) < 4.78 is 1.82. The van der Waals surface area contributed by atoms with Gasteiger partial charge in [0, 0.05) is 0 Å². The highest BCUT2D eigenvalue weighted by atomic mass is 15.5. The van der Waals surface area contributed by atoms with Crippen molar-refractivity contribution in [2.24, 2.45) is 0 Å². The molecule has 19 heavy (non-hydrogen) atoms. The minimum absolute atomic E-state index is 0.135.